The summed E-state index contributed by atoms with van der Waals surface area (Å²) in [4.78, 5) is 25.7. The van der Waals surface area contributed by atoms with Gasteiger partial charge >= 0.3 is 11.9 Å². The van der Waals surface area contributed by atoms with E-state index in [1.54, 1.807) is 12.1 Å². The predicted octanol–water partition coefficient (Wildman–Crippen LogP) is 5.07. The molecule has 2 N–H and O–H groups in total. The van der Waals surface area contributed by atoms with E-state index in [0.29, 0.717) is 24.3 Å². The smallest absolute Gasteiger partial charge is 0.338 e. The lowest BCUT2D eigenvalue weighted by Crippen LogP contribution is -2.65. The number of aliphatic carboxylic acids is 1. The van der Waals surface area contributed by atoms with Gasteiger partial charge < -0.3 is 14.9 Å². The highest BCUT2D eigenvalue weighted by Crippen LogP contribution is 2.75. The number of carboxylic acids is 1. The summed E-state index contributed by atoms with van der Waals surface area (Å²) in [5.41, 5.74) is -1.27. The number of rotatable bonds is 3. The number of esters is 1. The van der Waals surface area contributed by atoms with Gasteiger partial charge in [0.05, 0.1) is 16.6 Å². The average molecular weight is 441 g/mol. The summed E-state index contributed by atoms with van der Waals surface area (Å²) in [5.74, 6) is -0.777. The summed E-state index contributed by atoms with van der Waals surface area (Å²) >= 11 is 0. The summed E-state index contributed by atoms with van der Waals surface area (Å²) < 4.78 is 6.20. The summed E-state index contributed by atoms with van der Waals surface area (Å²) in [5, 5.41) is 21.4. The molecule has 0 aliphatic heterocycles. The maximum atomic E-state index is 13.1. The molecule has 174 valence electrons. The van der Waals surface area contributed by atoms with Gasteiger partial charge in [0.15, 0.2) is 0 Å². The number of hydrogen-bond donors (Lipinski definition) is 2. The van der Waals surface area contributed by atoms with Crippen molar-refractivity contribution >= 4 is 11.9 Å². The standard InChI is InChI=1S/C27H36O5/c1-24(23(29)30)10-7-11-25(2)21(24)20(32-22(28)17-8-5-4-6-9-17)15-18-14-19-16-27(18,25)13-12-26(19,3)31/h4-6,8-9,18-21,31H,7,10-16H2,1-3H3,(H,29,30)/t18-,19-,20?,21+,24-,25+,26-,27+/m1/s1. The SMILES string of the molecule is C[C@@]1(C(=O)O)CCC[C@@]2(C)[C@H]1C(OC(=O)c1ccccc1)C[C@H]1C[C@@H]3C[C@@]12CC[C@@]3(C)O. The summed E-state index contributed by atoms with van der Waals surface area (Å²) in [7, 11) is 0. The second-order valence-corrected chi connectivity index (χ2v) is 11.9. The zero-order chi connectivity index (χ0) is 22.9. The van der Waals surface area contributed by atoms with Gasteiger partial charge in [0, 0.05) is 5.92 Å². The molecule has 0 radical (unpaired) electrons. The minimum atomic E-state index is -0.924. The van der Waals surface area contributed by atoms with Crippen LogP contribution in [-0.4, -0.2) is 33.9 Å². The van der Waals surface area contributed by atoms with Crippen molar-refractivity contribution in [2.24, 2.45) is 34.0 Å². The van der Waals surface area contributed by atoms with Crippen molar-refractivity contribution in [2.75, 3.05) is 0 Å². The fourth-order valence-corrected chi connectivity index (χ4v) is 8.79. The number of aliphatic hydroxyl groups is 1. The molecule has 32 heavy (non-hydrogen) atoms. The molecule has 4 aliphatic rings. The molecule has 5 rings (SSSR count). The van der Waals surface area contributed by atoms with Crippen LogP contribution in [0, 0.1) is 34.0 Å². The normalized spacial score (nSPS) is 47.2. The highest BCUT2D eigenvalue weighted by Gasteiger charge is 2.72. The van der Waals surface area contributed by atoms with Gasteiger partial charge in [0.1, 0.15) is 6.10 Å². The summed E-state index contributed by atoms with van der Waals surface area (Å²) in [6.45, 7) is 6.13. The fraction of sp³-hybridized carbons (Fsp3) is 0.704. The van der Waals surface area contributed by atoms with Crippen LogP contribution in [0.3, 0.4) is 0 Å². The number of benzene rings is 1. The van der Waals surface area contributed by atoms with Crippen molar-refractivity contribution in [3.8, 4) is 0 Å². The number of carbonyl (C=O) groups excluding carboxylic acids is 1. The first kappa shape index (κ1) is 21.9. The molecular weight excluding hydrogens is 404 g/mol. The van der Waals surface area contributed by atoms with Crippen molar-refractivity contribution in [3.63, 3.8) is 0 Å². The fourth-order valence-electron chi connectivity index (χ4n) is 8.79. The summed E-state index contributed by atoms with van der Waals surface area (Å²) in [6, 6.07) is 9.01. The van der Waals surface area contributed by atoms with Gasteiger partial charge in [-0.05, 0) is 93.6 Å². The molecule has 1 aromatic rings. The van der Waals surface area contributed by atoms with Crippen molar-refractivity contribution in [1.82, 2.24) is 0 Å². The van der Waals surface area contributed by atoms with Crippen molar-refractivity contribution < 1.29 is 24.5 Å². The average Bonchev–Trinajstić information content (AvgIpc) is 3.09. The molecule has 1 spiro atoms. The Morgan fingerprint density at radius 1 is 0.969 bits per heavy atom. The maximum absolute atomic E-state index is 13.1. The third-order valence-electron chi connectivity index (χ3n) is 10.5. The minimum absolute atomic E-state index is 0.0252. The van der Waals surface area contributed by atoms with Gasteiger partial charge in [-0.1, -0.05) is 31.5 Å². The van der Waals surface area contributed by atoms with Gasteiger partial charge in [-0.2, -0.15) is 0 Å². The number of ether oxygens (including phenoxy) is 1. The van der Waals surface area contributed by atoms with Crippen LogP contribution in [0.2, 0.25) is 0 Å². The molecule has 2 bridgehead atoms. The van der Waals surface area contributed by atoms with Crippen LogP contribution in [0.4, 0.5) is 0 Å². The molecule has 4 aliphatic carbocycles. The molecule has 8 atom stereocenters. The Hall–Kier alpha value is -1.88. The highest BCUT2D eigenvalue weighted by molar-refractivity contribution is 5.89. The van der Waals surface area contributed by atoms with E-state index in [4.69, 9.17) is 4.74 Å². The second-order valence-electron chi connectivity index (χ2n) is 11.9. The molecule has 1 aromatic carbocycles. The van der Waals surface area contributed by atoms with Gasteiger partial charge in [-0.15, -0.1) is 0 Å². The maximum Gasteiger partial charge on any atom is 0.338 e. The molecule has 5 heteroatoms. The zero-order valence-corrected chi connectivity index (χ0v) is 19.5. The Kier molecular flexibility index (Phi) is 4.84. The van der Waals surface area contributed by atoms with E-state index >= 15 is 0 Å². The Balaban J connectivity index is 1.57. The molecule has 0 amide bonds. The third kappa shape index (κ3) is 2.85. The van der Waals surface area contributed by atoms with Crippen molar-refractivity contribution in [1.29, 1.82) is 0 Å². The van der Waals surface area contributed by atoms with E-state index in [1.807, 2.05) is 32.0 Å². The molecule has 5 nitrogen and oxygen atoms in total. The van der Waals surface area contributed by atoms with Crippen LogP contribution in [0.1, 0.15) is 82.5 Å². The number of hydrogen-bond acceptors (Lipinski definition) is 4. The van der Waals surface area contributed by atoms with E-state index in [-0.39, 0.29) is 28.6 Å². The van der Waals surface area contributed by atoms with Gasteiger partial charge in [-0.25, -0.2) is 4.79 Å². The number of fused-ring (bicyclic) bond motifs is 2. The third-order valence-corrected chi connectivity index (χ3v) is 10.5. The first-order valence-electron chi connectivity index (χ1n) is 12.3. The lowest BCUT2D eigenvalue weighted by molar-refractivity contribution is -0.221. The van der Waals surface area contributed by atoms with Gasteiger partial charge in [-0.3, -0.25) is 4.79 Å². The van der Waals surface area contributed by atoms with Gasteiger partial charge in [0.2, 0.25) is 0 Å². The largest absolute Gasteiger partial charge is 0.481 e. The zero-order valence-electron chi connectivity index (χ0n) is 19.5. The van der Waals surface area contributed by atoms with Crippen LogP contribution in [0.5, 0.6) is 0 Å². The van der Waals surface area contributed by atoms with Gasteiger partial charge in [0.25, 0.3) is 0 Å². The Morgan fingerprint density at radius 3 is 2.38 bits per heavy atom. The van der Waals surface area contributed by atoms with E-state index in [1.165, 1.54) is 0 Å². The molecule has 0 saturated heterocycles. The highest BCUT2D eigenvalue weighted by atomic mass is 16.5. The Bertz CT molecular complexity index is 925. The quantitative estimate of drug-likeness (QED) is 0.641. The van der Waals surface area contributed by atoms with E-state index in [2.05, 4.69) is 6.92 Å². The molecule has 4 saturated carbocycles. The molecule has 1 unspecified atom stereocenters. The van der Waals surface area contributed by atoms with Crippen molar-refractivity contribution in [2.45, 2.75) is 83.8 Å². The van der Waals surface area contributed by atoms with Crippen LogP contribution >= 0.6 is 0 Å². The topological polar surface area (TPSA) is 83.8 Å². The molecule has 0 aromatic heterocycles. The lowest BCUT2D eigenvalue weighted by Gasteiger charge is -2.66. The lowest BCUT2D eigenvalue weighted by atomic mass is 9.38. The first-order chi connectivity index (χ1) is 15.0. The van der Waals surface area contributed by atoms with Crippen LogP contribution in [0.25, 0.3) is 0 Å². The number of carboxylic acid groups (broad SMARTS) is 1. The van der Waals surface area contributed by atoms with E-state index in [9.17, 15) is 19.8 Å². The van der Waals surface area contributed by atoms with E-state index in [0.717, 1.165) is 38.5 Å². The molecule has 0 heterocycles. The predicted molar refractivity (Wildman–Crippen MR) is 120 cm³/mol. The van der Waals surface area contributed by atoms with Crippen molar-refractivity contribution in [3.05, 3.63) is 35.9 Å². The van der Waals surface area contributed by atoms with Crippen LogP contribution in [-0.2, 0) is 9.53 Å². The van der Waals surface area contributed by atoms with E-state index < -0.39 is 23.1 Å². The first-order valence-corrected chi connectivity index (χ1v) is 12.3. The molecular formula is C27H36O5. The Labute approximate surface area is 190 Å². The van der Waals surface area contributed by atoms with Crippen LogP contribution in [0.15, 0.2) is 30.3 Å². The molecule has 4 fully saturated rings. The monoisotopic (exact) mass is 440 g/mol. The second kappa shape index (κ2) is 7.06. The number of carbonyl (C=O) groups is 2. The Morgan fingerprint density at radius 2 is 1.69 bits per heavy atom. The van der Waals surface area contributed by atoms with Crippen LogP contribution < -0.4 is 0 Å². The summed E-state index contributed by atoms with van der Waals surface area (Å²) in [6.07, 6.45) is 6.35. The minimum Gasteiger partial charge on any atom is -0.481 e.